The molecule has 0 radical (unpaired) electrons. The van der Waals surface area contributed by atoms with Crippen LogP contribution in [-0.2, 0) is 17.6 Å². The lowest BCUT2D eigenvalue weighted by Gasteiger charge is -2.30. The van der Waals surface area contributed by atoms with Gasteiger partial charge in [0.05, 0.1) is 18.8 Å². The summed E-state index contributed by atoms with van der Waals surface area (Å²) in [5.41, 5.74) is 4.61. The molecule has 1 atom stereocenters. The first-order chi connectivity index (χ1) is 13.2. The zero-order chi connectivity index (χ0) is 18.6. The van der Waals surface area contributed by atoms with E-state index in [4.69, 9.17) is 9.47 Å². The lowest BCUT2D eigenvalue weighted by atomic mass is 10.0. The van der Waals surface area contributed by atoms with Crippen LogP contribution in [0.1, 0.15) is 29.5 Å². The number of carbonyl (C=O) groups excluding carboxylic acids is 1. The van der Waals surface area contributed by atoms with Crippen molar-refractivity contribution in [2.45, 2.75) is 25.7 Å². The molecule has 2 aromatic rings. The highest BCUT2D eigenvalue weighted by molar-refractivity contribution is 5.90. The Morgan fingerprint density at radius 3 is 2.70 bits per heavy atom. The van der Waals surface area contributed by atoms with Crippen LogP contribution in [-0.4, -0.2) is 38.9 Å². The minimum Gasteiger partial charge on any atom is -0.490 e. The van der Waals surface area contributed by atoms with Gasteiger partial charge in [0.1, 0.15) is 12.4 Å². The van der Waals surface area contributed by atoms with Crippen molar-refractivity contribution in [2.75, 3.05) is 37.7 Å². The molecule has 4 rings (SSSR count). The minimum absolute atomic E-state index is 0.161. The maximum absolute atomic E-state index is 12.8. The third-order valence-corrected chi connectivity index (χ3v) is 5.33. The molecule has 2 aliphatic heterocycles. The van der Waals surface area contributed by atoms with E-state index in [9.17, 15) is 4.79 Å². The summed E-state index contributed by atoms with van der Waals surface area (Å²) in [5, 5.41) is 3.42. The van der Waals surface area contributed by atoms with Crippen LogP contribution in [0, 0.1) is 0 Å². The molecule has 142 valence electrons. The summed E-state index contributed by atoms with van der Waals surface area (Å²) >= 11 is 0. The highest BCUT2D eigenvalue weighted by Gasteiger charge is 2.27. The van der Waals surface area contributed by atoms with Gasteiger partial charge >= 0.3 is 6.09 Å². The van der Waals surface area contributed by atoms with Gasteiger partial charge in [-0.1, -0.05) is 37.3 Å². The number of nitrogens with one attached hydrogen (secondary N) is 1. The quantitative estimate of drug-likeness (QED) is 0.903. The predicted octanol–water partition coefficient (Wildman–Crippen LogP) is 3.51. The second-order valence-electron chi connectivity index (χ2n) is 7.23. The van der Waals surface area contributed by atoms with Gasteiger partial charge in [0.2, 0.25) is 0 Å². The Morgan fingerprint density at radius 2 is 1.93 bits per heavy atom. The fourth-order valence-electron chi connectivity index (χ4n) is 3.73. The van der Waals surface area contributed by atoms with Crippen molar-refractivity contribution in [2.24, 2.45) is 0 Å². The maximum atomic E-state index is 12.8. The van der Waals surface area contributed by atoms with E-state index in [1.165, 1.54) is 16.7 Å². The Bertz CT molecular complexity index is 807. The third kappa shape index (κ3) is 3.93. The van der Waals surface area contributed by atoms with Crippen molar-refractivity contribution in [3.63, 3.8) is 0 Å². The summed E-state index contributed by atoms with van der Waals surface area (Å²) in [7, 11) is 0. The minimum atomic E-state index is -0.297. The van der Waals surface area contributed by atoms with Crippen LogP contribution in [0.3, 0.4) is 0 Å². The van der Waals surface area contributed by atoms with Gasteiger partial charge in [0.25, 0.3) is 0 Å². The molecule has 2 heterocycles. The van der Waals surface area contributed by atoms with E-state index in [0.717, 1.165) is 37.4 Å². The number of amides is 1. The number of anilines is 1. The van der Waals surface area contributed by atoms with Crippen molar-refractivity contribution < 1.29 is 14.3 Å². The SMILES string of the molecule is CC(COC(=O)N1CCOc2cc3c(cc21)CCNCC3)c1ccccc1. The summed E-state index contributed by atoms with van der Waals surface area (Å²) < 4.78 is 11.5. The first-order valence-corrected chi connectivity index (χ1v) is 9.71. The average Bonchev–Trinajstić information content (AvgIpc) is 2.95. The number of rotatable bonds is 3. The molecule has 5 heteroatoms. The molecule has 0 aromatic heterocycles. The molecule has 0 fully saturated rings. The lowest BCUT2D eigenvalue weighted by Crippen LogP contribution is -2.39. The number of carbonyl (C=O) groups is 1. The number of ether oxygens (including phenoxy) is 2. The second-order valence-corrected chi connectivity index (χ2v) is 7.23. The molecule has 0 spiro atoms. The monoisotopic (exact) mass is 366 g/mol. The van der Waals surface area contributed by atoms with Gasteiger partial charge < -0.3 is 14.8 Å². The van der Waals surface area contributed by atoms with E-state index in [1.807, 2.05) is 18.2 Å². The number of fused-ring (bicyclic) bond motifs is 2. The van der Waals surface area contributed by atoms with Crippen LogP contribution in [0.4, 0.5) is 10.5 Å². The van der Waals surface area contributed by atoms with Crippen molar-refractivity contribution in [1.82, 2.24) is 5.32 Å². The number of benzene rings is 2. The van der Waals surface area contributed by atoms with Gasteiger partial charge in [-0.15, -0.1) is 0 Å². The van der Waals surface area contributed by atoms with Crippen LogP contribution in [0.5, 0.6) is 5.75 Å². The second kappa shape index (κ2) is 8.01. The molecule has 0 aliphatic carbocycles. The first kappa shape index (κ1) is 17.9. The Kier molecular flexibility index (Phi) is 5.30. The molecule has 0 bridgehead atoms. The summed E-state index contributed by atoms with van der Waals surface area (Å²) in [6.45, 7) is 5.39. The Hall–Kier alpha value is -2.53. The Labute approximate surface area is 160 Å². The van der Waals surface area contributed by atoms with Crippen molar-refractivity contribution >= 4 is 11.8 Å². The molecule has 2 aromatic carbocycles. The van der Waals surface area contributed by atoms with Gasteiger partial charge in [-0.05, 0) is 54.8 Å². The number of nitrogens with zero attached hydrogens (tertiary/aromatic N) is 1. The Morgan fingerprint density at radius 1 is 1.19 bits per heavy atom. The summed E-state index contributed by atoms with van der Waals surface area (Å²) in [4.78, 5) is 14.5. The molecule has 1 unspecified atom stereocenters. The van der Waals surface area contributed by atoms with Crippen LogP contribution < -0.4 is 15.0 Å². The van der Waals surface area contributed by atoms with Gasteiger partial charge in [-0.25, -0.2) is 4.79 Å². The standard InChI is InChI=1S/C22H26N2O3/c1-16(17-5-3-2-4-6-17)15-27-22(25)24-11-12-26-21-14-19-8-10-23-9-7-18(19)13-20(21)24/h2-6,13-14,16,23H,7-12,15H2,1H3. The third-order valence-electron chi connectivity index (χ3n) is 5.33. The fraction of sp³-hybridized carbons (Fsp3) is 0.409. The molecule has 0 saturated heterocycles. The zero-order valence-electron chi connectivity index (χ0n) is 15.7. The van der Waals surface area contributed by atoms with Gasteiger partial charge in [0, 0.05) is 5.92 Å². The van der Waals surface area contributed by atoms with Crippen LogP contribution >= 0.6 is 0 Å². The van der Waals surface area contributed by atoms with Crippen molar-refractivity contribution in [3.8, 4) is 5.75 Å². The Balaban J connectivity index is 1.48. The van der Waals surface area contributed by atoms with Gasteiger partial charge in [0.15, 0.2) is 0 Å². The highest BCUT2D eigenvalue weighted by atomic mass is 16.6. The molecular weight excluding hydrogens is 340 g/mol. The van der Waals surface area contributed by atoms with Crippen LogP contribution in [0.25, 0.3) is 0 Å². The summed E-state index contributed by atoms with van der Waals surface area (Å²) in [5.74, 6) is 0.948. The normalized spacial score (nSPS) is 17.1. The summed E-state index contributed by atoms with van der Waals surface area (Å²) in [6.07, 6.45) is 1.66. The zero-order valence-corrected chi connectivity index (χ0v) is 15.7. The largest absolute Gasteiger partial charge is 0.490 e. The van der Waals surface area contributed by atoms with E-state index < -0.39 is 0 Å². The van der Waals surface area contributed by atoms with Gasteiger partial charge in [-0.2, -0.15) is 0 Å². The summed E-state index contributed by atoms with van der Waals surface area (Å²) in [6, 6.07) is 14.3. The predicted molar refractivity (Wildman–Crippen MR) is 106 cm³/mol. The van der Waals surface area contributed by atoms with E-state index in [2.05, 4.69) is 36.5 Å². The van der Waals surface area contributed by atoms with E-state index in [0.29, 0.717) is 19.8 Å². The van der Waals surface area contributed by atoms with Crippen LogP contribution in [0.15, 0.2) is 42.5 Å². The number of hydrogen-bond donors (Lipinski definition) is 1. The molecular formula is C22H26N2O3. The lowest BCUT2D eigenvalue weighted by molar-refractivity contribution is 0.144. The smallest absolute Gasteiger partial charge is 0.414 e. The molecule has 0 saturated carbocycles. The molecule has 1 N–H and O–H groups in total. The topological polar surface area (TPSA) is 50.8 Å². The molecule has 1 amide bonds. The van der Waals surface area contributed by atoms with Crippen molar-refractivity contribution in [3.05, 3.63) is 59.2 Å². The maximum Gasteiger partial charge on any atom is 0.414 e. The van der Waals surface area contributed by atoms with Crippen LogP contribution in [0.2, 0.25) is 0 Å². The highest BCUT2D eigenvalue weighted by Crippen LogP contribution is 2.36. The number of hydrogen-bond acceptors (Lipinski definition) is 4. The molecule has 2 aliphatic rings. The van der Waals surface area contributed by atoms with Gasteiger partial charge in [-0.3, -0.25) is 4.90 Å². The van der Waals surface area contributed by atoms with Crippen molar-refractivity contribution in [1.29, 1.82) is 0 Å². The van der Waals surface area contributed by atoms with E-state index in [1.54, 1.807) is 4.90 Å². The van der Waals surface area contributed by atoms with E-state index >= 15 is 0 Å². The van der Waals surface area contributed by atoms with E-state index in [-0.39, 0.29) is 12.0 Å². The fourth-order valence-corrected chi connectivity index (χ4v) is 3.73. The first-order valence-electron chi connectivity index (χ1n) is 9.71. The molecule has 5 nitrogen and oxygen atoms in total. The average molecular weight is 366 g/mol. The molecule has 27 heavy (non-hydrogen) atoms.